The molecule has 0 aliphatic carbocycles. The zero-order chi connectivity index (χ0) is 17.2. The largest absolute Gasteiger partial charge is 0.357 e. The van der Waals surface area contributed by atoms with E-state index in [0.717, 1.165) is 43.9 Å². The summed E-state index contributed by atoms with van der Waals surface area (Å²) in [6, 6.07) is 11.9. The van der Waals surface area contributed by atoms with E-state index >= 15 is 0 Å². The van der Waals surface area contributed by atoms with Gasteiger partial charge in [0.05, 0.1) is 6.04 Å². The number of nitrogens with zero attached hydrogens (tertiary/aromatic N) is 3. The van der Waals surface area contributed by atoms with Gasteiger partial charge in [0, 0.05) is 31.4 Å². The lowest BCUT2D eigenvalue weighted by molar-refractivity contribution is 0.0735. The number of hydrogen-bond acceptors (Lipinski definition) is 3. The molecule has 0 N–H and O–H groups in total. The molecule has 4 nitrogen and oxygen atoms in total. The number of amides is 1. The van der Waals surface area contributed by atoms with Crippen molar-refractivity contribution in [2.75, 3.05) is 24.5 Å². The van der Waals surface area contributed by atoms with Gasteiger partial charge in [-0.25, -0.2) is 4.98 Å². The van der Waals surface area contributed by atoms with E-state index in [-0.39, 0.29) is 11.9 Å². The molecule has 0 bridgehead atoms. The van der Waals surface area contributed by atoms with E-state index in [0.29, 0.717) is 0 Å². The molecule has 0 spiro atoms. The maximum atomic E-state index is 12.9. The average Bonchev–Trinajstić information content (AvgIpc) is 3.33. The molecule has 130 valence electrons. The van der Waals surface area contributed by atoms with E-state index in [2.05, 4.69) is 17.9 Å². The maximum absolute atomic E-state index is 12.9. The highest BCUT2D eigenvalue weighted by Crippen LogP contribution is 2.35. The molecule has 2 aromatic rings. The van der Waals surface area contributed by atoms with Crippen LogP contribution >= 0.6 is 0 Å². The van der Waals surface area contributed by atoms with Gasteiger partial charge in [0.2, 0.25) is 0 Å². The molecule has 3 heterocycles. The molecule has 1 aromatic heterocycles. The van der Waals surface area contributed by atoms with E-state index in [1.54, 1.807) is 0 Å². The number of likely N-dealkylation sites (tertiary alicyclic amines) is 1. The zero-order valence-electron chi connectivity index (χ0n) is 14.8. The fourth-order valence-electron chi connectivity index (χ4n) is 4.10. The maximum Gasteiger partial charge on any atom is 0.254 e. The summed E-state index contributed by atoms with van der Waals surface area (Å²) in [6.07, 6.45) is 6.58. The molecule has 25 heavy (non-hydrogen) atoms. The topological polar surface area (TPSA) is 36.4 Å². The minimum absolute atomic E-state index is 0.131. The van der Waals surface area contributed by atoms with Gasteiger partial charge in [-0.3, -0.25) is 4.79 Å². The van der Waals surface area contributed by atoms with E-state index in [1.165, 1.54) is 24.0 Å². The van der Waals surface area contributed by atoms with Crippen LogP contribution in [-0.4, -0.2) is 35.4 Å². The molecule has 1 amide bonds. The third-order valence-corrected chi connectivity index (χ3v) is 5.46. The van der Waals surface area contributed by atoms with Gasteiger partial charge >= 0.3 is 0 Å². The second-order valence-electron chi connectivity index (χ2n) is 7.12. The Morgan fingerprint density at radius 2 is 1.84 bits per heavy atom. The highest BCUT2D eigenvalue weighted by Gasteiger charge is 2.32. The first-order chi connectivity index (χ1) is 12.2. The molecule has 2 aliphatic heterocycles. The first kappa shape index (κ1) is 16.1. The molecular formula is C21H25N3O. The standard InChI is InChI=1S/C21H25N3O/c1-16-14-20(23-11-5-6-12-23)22-15-18(16)19-10-7-13-24(19)21(25)17-8-3-2-4-9-17/h2-4,8-9,14-15,19H,5-7,10-13H2,1H3. The molecule has 1 atom stereocenters. The van der Waals surface area contributed by atoms with Crippen molar-refractivity contribution in [3.05, 3.63) is 59.3 Å². The van der Waals surface area contributed by atoms with Crippen molar-refractivity contribution in [1.29, 1.82) is 0 Å². The third kappa shape index (κ3) is 3.13. The predicted octanol–water partition coefficient (Wildman–Crippen LogP) is 3.97. The number of aromatic nitrogens is 1. The van der Waals surface area contributed by atoms with Gasteiger partial charge in [0.25, 0.3) is 5.91 Å². The summed E-state index contributed by atoms with van der Waals surface area (Å²) < 4.78 is 0. The summed E-state index contributed by atoms with van der Waals surface area (Å²) in [5.41, 5.74) is 3.22. The van der Waals surface area contributed by atoms with Crippen molar-refractivity contribution < 1.29 is 4.79 Å². The predicted molar refractivity (Wildman–Crippen MR) is 99.9 cm³/mol. The van der Waals surface area contributed by atoms with Gasteiger partial charge in [-0.2, -0.15) is 0 Å². The summed E-state index contributed by atoms with van der Waals surface area (Å²) in [6.45, 7) is 5.19. The molecule has 1 unspecified atom stereocenters. The molecule has 2 fully saturated rings. The van der Waals surface area contributed by atoms with Crippen LogP contribution in [0.25, 0.3) is 0 Å². The van der Waals surface area contributed by atoms with Gasteiger partial charge in [-0.05, 0) is 61.9 Å². The first-order valence-electron chi connectivity index (χ1n) is 9.31. The number of anilines is 1. The molecule has 2 saturated heterocycles. The number of pyridine rings is 1. The van der Waals surface area contributed by atoms with Gasteiger partial charge in [0.1, 0.15) is 5.82 Å². The van der Waals surface area contributed by atoms with Crippen LogP contribution < -0.4 is 4.90 Å². The van der Waals surface area contributed by atoms with Gasteiger partial charge in [-0.15, -0.1) is 0 Å². The lowest BCUT2D eigenvalue weighted by atomic mass is 10.0. The van der Waals surface area contributed by atoms with Gasteiger partial charge in [-0.1, -0.05) is 18.2 Å². The Kier molecular flexibility index (Phi) is 4.43. The number of rotatable bonds is 3. The van der Waals surface area contributed by atoms with Crippen LogP contribution in [0.2, 0.25) is 0 Å². The Balaban J connectivity index is 1.58. The van der Waals surface area contributed by atoms with Crippen molar-refractivity contribution in [2.24, 2.45) is 0 Å². The normalized spacial score (nSPS) is 20.3. The average molecular weight is 335 g/mol. The van der Waals surface area contributed by atoms with Crippen molar-refractivity contribution >= 4 is 11.7 Å². The number of benzene rings is 1. The van der Waals surface area contributed by atoms with Crippen molar-refractivity contribution in [3.8, 4) is 0 Å². The smallest absolute Gasteiger partial charge is 0.254 e. The van der Waals surface area contributed by atoms with Crippen molar-refractivity contribution in [3.63, 3.8) is 0 Å². The van der Waals surface area contributed by atoms with Gasteiger partial charge < -0.3 is 9.80 Å². The molecule has 0 radical (unpaired) electrons. The summed E-state index contributed by atoms with van der Waals surface area (Å²) >= 11 is 0. The fraction of sp³-hybridized carbons (Fsp3) is 0.429. The highest BCUT2D eigenvalue weighted by atomic mass is 16.2. The SMILES string of the molecule is Cc1cc(N2CCCC2)ncc1C1CCCN1C(=O)c1ccccc1. The molecule has 1 aromatic carbocycles. The van der Waals surface area contributed by atoms with Crippen LogP contribution in [0.5, 0.6) is 0 Å². The first-order valence-corrected chi connectivity index (χ1v) is 9.31. The second kappa shape index (κ2) is 6.87. The van der Waals surface area contributed by atoms with Crippen LogP contribution in [0.3, 0.4) is 0 Å². The summed E-state index contributed by atoms with van der Waals surface area (Å²) in [4.78, 5) is 22.0. The summed E-state index contributed by atoms with van der Waals surface area (Å²) in [7, 11) is 0. The van der Waals surface area contributed by atoms with Crippen LogP contribution in [0.15, 0.2) is 42.6 Å². The Morgan fingerprint density at radius 3 is 2.56 bits per heavy atom. The number of aryl methyl sites for hydroxylation is 1. The monoisotopic (exact) mass is 335 g/mol. The van der Waals surface area contributed by atoms with Gasteiger partial charge in [0.15, 0.2) is 0 Å². The number of carbonyl (C=O) groups is 1. The minimum atomic E-state index is 0.131. The zero-order valence-corrected chi connectivity index (χ0v) is 14.8. The lowest BCUT2D eigenvalue weighted by Crippen LogP contribution is -2.31. The summed E-state index contributed by atoms with van der Waals surface area (Å²) in [5.74, 6) is 1.21. The quantitative estimate of drug-likeness (QED) is 0.851. The molecular weight excluding hydrogens is 310 g/mol. The highest BCUT2D eigenvalue weighted by molar-refractivity contribution is 5.94. The Labute approximate surface area is 149 Å². The van der Waals surface area contributed by atoms with E-state index in [4.69, 9.17) is 4.98 Å². The van der Waals surface area contributed by atoms with E-state index in [9.17, 15) is 4.79 Å². The molecule has 0 saturated carbocycles. The van der Waals surface area contributed by atoms with E-state index in [1.807, 2.05) is 41.4 Å². The van der Waals surface area contributed by atoms with E-state index < -0.39 is 0 Å². The number of hydrogen-bond donors (Lipinski definition) is 0. The Bertz CT molecular complexity index is 753. The van der Waals surface area contributed by atoms with Crippen molar-refractivity contribution in [2.45, 2.75) is 38.6 Å². The lowest BCUT2D eigenvalue weighted by Gasteiger charge is -2.27. The van der Waals surface area contributed by atoms with Crippen LogP contribution in [0.1, 0.15) is 53.2 Å². The van der Waals surface area contributed by atoms with Crippen molar-refractivity contribution in [1.82, 2.24) is 9.88 Å². The minimum Gasteiger partial charge on any atom is -0.357 e. The van der Waals surface area contributed by atoms with Crippen LogP contribution in [-0.2, 0) is 0 Å². The summed E-state index contributed by atoms with van der Waals surface area (Å²) in [5, 5.41) is 0. The molecule has 4 rings (SSSR count). The van der Waals surface area contributed by atoms with Crippen LogP contribution in [0, 0.1) is 6.92 Å². The third-order valence-electron chi connectivity index (χ3n) is 5.46. The second-order valence-corrected chi connectivity index (χ2v) is 7.12. The molecule has 2 aliphatic rings. The Hall–Kier alpha value is -2.36. The number of carbonyl (C=O) groups excluding carboxylic acids is 1. The Morgan fingerprint density at radius 1 is 1.08 bits per heavy atom. The van der Waals surface area contributed by atoms with Crippen LogP contribution in [0.4, 0.5) is 5.82 Å². The fourth-order valence-corrected chi connectivity index (χ4v) is 4.10. The molecule has 4 heteroatoms.